The number of esters is 1. The van der Waals surface area contributed by atoms with Gasteiger partial charge in [0.25, 0.3) is 0 Å². The summed E-state index contributed by atoms with van der Waals surface area (Å²) in [6.07, 6.45) is 0. The summed E-state index contributed by atoms with van der Waals surface area (Å²) >= 11 is 1.49. The topological polar surface area (TPSA) is 72.5 Å². The van der Waals surface area contributed by atoms with Crippen LogP contribution in [0.1, 0.15) is 28.2 Å². The maximum absolute atomic E-state index is 12.3. The molecule has 1 N–H and O–H groups in total. The minimum atomic E-state index is -3.63. The predicted octanol–water partition coefficient (Wildman–Crippen LogP) is 2.57. The Balaban J connectivity index is 2.18. The maximum atomic E-state index is 12.3. The second-order valence-electron chi connectivity index (χ2n) is 4.37. The third-order valence-electron chi connectivity index (χ3n) is 2.89. The molecular formula is C14H15NO4S2. The number of nitrogens with one attached hydrogen (secondary N) is 1. The second kappa shape index (κ2) is 6.38. The summed E-state index contributed by atoms with van der Waals surface area (Å²) in [6, 6.07) is 9.06. The molecule has 1 aromatic heterocycles. The van der Waals surface area contributed by atoms with Gasteiger partial charge >= 0.3 is 5.97 Å². The van der Waals surface area contributed by atoms with Crippen LogP contribution in [-0.2, 0) is 14.8 Å². The van der Waals surface area contributed by atoms with Crippen LogP contribution in [0.25, 0.3) is 0 Å². The number of sulfonamides is 1. The van der Waals surface area contributed by atoms with Crippen molar-refractivity contribution in [3.8, 4) is 0 Å². The largest absolute Gasteiger partial charge is 0.465 e. The van der Waals surface area contributed by atoms with Crippen molar-refractivity contribution >= 4 is 27.3 Å². The van der Waals surface area contributed by atoms with E-state index in [0.717, 1.165) is 4.88 Å². The van der Waals surface area contributed by atoms with Gasteiger partial charge in [-0.15, -0.1) is 11.3 Å². The lowest BCUT2D eigenvalue weighted by molar-refractivity contribution is 0.0600. The predicted molar refractivity (Wildman–Crippen MR) is 80.8 cm³/mol. The molecule has 0 aliphatic rings. The molecule has 21 heavy (non-hydrogen) atoms. The van der Waals surface area contributed by atoms with Crippen LogP contribution in [0.2, 0.25) is 0 Å². The fourth-order valence-electron chi connectivity index (χ4n) is 1.78. The Morgan fingerprint density at radius 2 is 1.90 bits per heavy atom. The molecule has 2 rings (SSSR count). The summed E-state index contributed by atoms with van der Waals surface area (Å²) in [6.45, 7) is 1.78. The van der Waals surface area contributed by atoms with Crippen LogP contribution in [-0.4, -0.2) is 21.5 Å². The van der Waals surface area contributed by atoms with Crippen LogP contribution < -0.4 is 4.72 Å². The van der Waals surface area contributed by atoms with Gasteiger partial charge in [0.1, 0.15) is 0 Å². The molecule has 2 aromatic rings. The third kappa shape index (κ3) is 3.69. The average molecular weight is 325 g/mol. The zero-order chi connectivity index (χ0) is 15.5. The molecule has 1 heterocycles. The smallest absolute Gasteiger partial charge is 0.337 e. The molecule has 0 aliphatic heterocycles. The lowest BCUT2D eigenvalue weighted by Gasteiger charge is -2.13. The third-order valence-corrected chi connectivity index (χ3v) is 5.50. The average Bonchev–Trinajstić information content (AvgIpc) is 3.00. The number of carbonyl (C=O) groups is 1. The van der Waals surface area contributed by atoms with Crippen molar-refractivity contribution in [3.63, 3.8) is 0 Å². The zero-order valence-electron chi connectivity index (χ0n) is 11.6. The molecule has 0 bridgehead atoms. The summed E-state index contributed by atoms with van der Waals surface area (Å²) in [5.74, 6) is -0.501. The summed E-state index contributed by atoms with van der Waals surface area (Å²) < 4.78 is 31.7. The maximum Gasteiger partial charge on any atom is 0.337 e. The Bertz CT molecular complexity index is 706. The standard InChI is InChI=1S/C14H15NO4S2/c1-10(13-4-3-9-20-13)15-21(17,18)12-7-5-11(6-8-12)14(16)19-2/h3-10,15H,1-2H3/t10-/m0/s1. The number of carbonyl (C=O) groups excluding carboxylic acids is 1. The van der Waals surface area contributed by atoms with E-state index in [1.165, 1.54) is 42.7 Å². The first kappa shape index (κ1) is 15.7. The van der Waals surface area contributed by atoms with Crippen molar-refractivity contribution in [2.45, 2.75) is 17.9 Å². The molecule has 1 aromatic carbocycles. The molecule has 0 radical (unpaired) electrons. The highest BCUT2D eigenvalue weighted by Crippen LogP contribution is 2.21. The van der Waals surface area contributed by atoms with E-state index in [-0.39, 0.29) is 10.9 Å². The fraction of sp³-hybridized carbons (Fsp3) is 0.214. The van der Waals surface area contributed by atoms with E-state index in [0.29, 0.717) is 5.56 Å². The number of ether oxygens (including phenoxy) is 1. The van der Waals surface area contributed by atoms with Gasteiger partial charge in [0.05, 0.1) is 23.6 Å². The van der Waals surface area contributed by atoms with Gasteiger partial charge in [-0.05, 0) is 42.6 Å². The van der Waals surface area contributed by atoms with Crippen LogP contribution in [0, 0.1) is 0 Å². The highest BCUT2D eigenvalue weighted by molar-refractivity contribution is 7.89. The Hall–Kier alpha value is -1.70. The van der Waals surface area contributed by atoms with E-state index < -0.39 is 16.0 Å². The zero-order valence-corrected chi connectivity index (χ0v) is 13.2. The van der Waals surface area contributed by atoms with Gasteiger partial charge in [0.15, 0.2) is 0 Å². The van der Waals surface area contributed by atoms with Crippen molar-refractivity contribution in [1.82, 2.24) is 4.72 Å². The second-order valence-corrected chi connectivity index (χ2v) is 7.07. The summed E-state index contributed by atoms with van der Waals surface area (Å²) in [5.41, 5.74) is 0.308. The van der Waals surface area contributed by atoms with Crippen LogP contribution in [0.4, 0.5) is 0 Å². The van der Waals surface area contributed by atoms with Crippen LogP contribution >= 0.6 is 11.3 Å². The molecule has 112 valence electrons. The van der Waals surface area contributed by atoms with E-state index in [1.54, 1.807) is 6.92 Å². The number of rotatable bonds is 5. The van der Waals surface area contributed by atoms with Crippen LogP contribution in [0.3, 0.4) is 0 Å². The minimum absolute atomic E-state index is 0.110. The summed E-state index contributed by atoms with van der Waals surface area (Å²) in [4.78, 5) is 12.4. The molecule has 0 saturated carbocycles. The molecule has 0 saturated heterocycles. The molecule has 7 heteroatoms. The quantitative estimate of drug-likeness (QED) is 0.858. The van der Waals surface area contributed by atoms with Gasteiger partial charge in [-0.25, -0.2) is 17.9 Å². The molecule has 0 amide bonds. The van der Waals surface area contributed by atoms with Crippen molar-refractivity contribution < 1.29 is 17.9 Å². The van der Waals surface area contributed by atoms with Crippen molar-refractivity contribution in [2.24, 2.45) is 0 Å². The molecule has 0 fully saturated rings. The molecule has 1 atom stereocenters. The Labute approximate surface area is 127 Å². The normalized spacial score (nSPS) is 12.9. The molecule has 0 spiro atoms. The van der Waals surface area contributed by atoms with Crippen molar-refractivity contribution in [1.29, 1.82) is 0 Å². The summed E-state index contributed by atoms with van der Waals surface area (Å²) in [5, 5.41) is 1.89. The number of benzene rings is 1. The van der Waals surface area contributed by atoms with Gasteiger partial charge in [-0.1, -0.05) is 6.07 Å². The van der Waals surface area contributed by atoms with Crippen molar-refractivity contribution in [3.05, 3.63) is 52.2 Å². The monoisotopic (exact) mass is 325 g/mol. The van der Waals surface area contributed by atoms with Gasteiger partial charge in [-0.3, -0.25) is 0 Å². The van der Waals surface area contributed by atoms with E-state index in [9.17, 15) is 13.2 Å². The van der Waals surface area contributed by atoms with Crippen LogP contribution in [0.15, 0.2) is 46.7 Å². The Kier molecular flexibility index (Phi) is 4.76. The lowest BCUT2D eigenvalue weighted by atomic mass is 10.2. The number of methoxy groups -OCH3 is 1. The van der Waals surface area contributed by atoms with Gasteiger partial charge in [0, 0.05) is 4.88 Å². The Morgan fingerprint density at radius 1 is 1.24 bits per heavy atom. The van der Waals surface area contributed by atoms with Gasteiger partial charge in [0.2, 0.25) is 10.0 Å². The molecule has 0 unspecified atom stereocenters. The van der Waals surface area contributed by atoms with Gasteiger partial charge < -0.3 is 4.74 Å². The van der Waals surface area contributed by atoms with E-state index in [4.69, 9.17) is 0 Å². The SMILES string of the molecule is COC(=O)c1ccc(S(=O)(=O)N[C@@H](C)c2cccs2)cc1. The summed E-state index contributed by atoms with van der Waals surface area (Å²) in [7, 11) is -2.36. The first-order valence-electron chi connectivity index (χ1n) is 6.18. The lowest BCUT2D eigenvalue weighted by Crippen LogP contribution is -2.26. The first-order valence-corrected chi connectivity index (χ1v) is 8.54. The van der Waals surface area contributed by atoms with Gasteiger partial charge in [-0.2, -0.15) is 0 Å². The van der Waals surface area contributed by atoms with E-state index in [1.807, 2.05) is 17.5 Å². The number of hydrogen-bond acceptors (Lipinski definition) is 5. The highest BCUT2D eigenvalue weighted by Gasteiger charge is 2.19. The minimum Gasteiger partial charge on any atom is -0.465 e. The highest BCUT2D eigenvalue weighted by atomic mass is 32.2. The molecule has 0 aliphatic carbocycles. The Morgan fingerprint density at radius 3 is 2.43 bits per heavy atom. The molecule has 5 nitrogen and oxygen atoms in total. The van der Waals surface area contributed by atoms with Crippen molar-refractivity contribution in [2.75, 3.05) is 7.11 Å². The van der Waals surface area contributed by atoms with E-state index in [2.05, 4.69) is 9.46 Å². The molecular weight excluding hydrogens is 310 g/mol. The fourth-order valence-corrected chi connectivity index (χ4v) is 3.82. The first-order chi connectivity index (χ1) is 9.94. The number of hydrogen-bond donors (Lipinski definition) is 1. The van der Waals surface area contributed by atoms with Crippen LogP contribution in [0.5, 0.6) is 0 Å². The van der Waals surface area contributed by atoms with E-state index >= 15 is 0 Å². The number of thiophene rings is 1.